The SMILES string of the molecule is C=C(/N=C(\N=C(/C)c1ccccc1-c1cccc2oc3c(-c4ccc5ccccc5c4)cccc3c12)c1ccccc1)C1=Cc2oc3ccccc3c2CC1. The Balaban J connectivity index is 1.06. The number of rotatable bonds is 6. The van der Waals surface area contributed by atoms with Gasteiger partial charge in [0.25, 0.3) is 0 Å². The first-order valence-electron chi connectivity index (χ1n) is 18.7. The monoisotopic (exact) mass is 708 g/mol. The van der Waals surface area contributed by atoms with Gasteiger partial charge in [-0.3, -0.25) is 0 Å². The summed E-state index contributed by atoms with van der Waals surface area (Å²) in [5.41, 5.74) is 12.8. The summed E-state index contributed by atoms with van der Waals surface area (Å²) in [5, 5.41) is 5.76. The Morgan fingerprint density at radius 2 is 1.29 bits per heavy atom. The van der Waals surface area contributed by atoms with Gasteiger partial charge in [-0.15, -0.1) is 0 Å². The number of para-hydroxylation sites is 2. The van der Waals surface area contributed by atoms with E-state index in [1.807, 2.05) is 42.5 Å². The lowest BCUT2D eigenvalue weighted by molar-refractivity contribution is 0.594. The zero-order valence-corrected chi connectivity index (χ0v) is 30.4. The summed E-state index contributed by atoms with van der Waals surface area (Å²) in [4.78, 5) is 10.4. The van der Waals surface area contributed by atoms with E-state index >= 15 is 0 Å². The lowest BCUT2D eigenvalue weighted by atomic mass is 9.92. The van der Waals surface area contributed by atoms with E-state index in [0.717, 1.165) is 90.8 Å². The van der Waals surface area contributed by atoms with Crippen molar-refractivity contribution in [2.24, 2.45) is 9.98 Å². The molecule has 0 spiro atoms. The molecule has 0 aliphatic heterocycles. The highest BCUT2D eigenvalue weighted by molar-refractivity contribution is 6.19. The van der Waals surface area contributed by atoms with Crippen LogP contribution < -0.4 is 0 Å². The van der Waals surface area contributed by atoms with Crippen LogP contribution in [0.15, 0.2) is 194 Å². The molecular weight excluding hydrogens is 673 g/mol. The number of hydrogen-bond donors (Lipinski definition) is 0. The molecule has 0 bridgehead atoms. The highest BCUT2D eigenvalue weighted by atomic mass is 16.3. The normalized spacial score (nSPS) is 13.4. The van der Waals surface area contributed by atoms with Crippen molar-refractivity contribution in [3.63, 3.8) is 0 Å². The molecule has 262 valence electrons. The fourth-order valence-corrected chi connectivity index (χ4v) is 8.06. The molecule has 1 aliphatic rings. The number of benzene rings is 7. The molecular formula is C51H36N2O2. The van der Waals surface area contributed by atoms with Crippen molar-refractivity contribution in [1.29, 1.82) is 0 Å². The Kier molecular flexibility index (Phi) is 7.96. The van der Waals surface area contributed by atoms with Gasteiger partial charge in [0.15, 0.2) is 5.84 Å². The number of aliphatic imine (C=N–C) groups is 2. The number of furan rings is 2. The number of fused-ring (bicyclic) bond motifs is 7. The maximum Gasteiger partial charge on any atom is 0.159 e. The Morgan fingerprint density at radius 3 is 2.20 bits per heavy atom. The van der Waals surface area contributed by atoms with Crippen LogP contribution >= 0.6 is 0 Å². The van der Waals surface area contributed by atoms with Gasteiger partial charge in [-0.1, -0.05) is 146 Å². The molecule has 4 nitrogen and oxygen atoms in total. The molecule has 7 aromatic carbocycles. The van der Waals surface area contributed by atoms with Crippen LogP contribution in [0, 0.1) is 0 Å². The fraction of sp³-hybridized carbons (Fsp3) is 0.0588. The molecule has 0 atom stereocenters. The summed E-state index contributed by atoms with van der Waals surface area (Å²) in [6, 6.07) is 54.7. The fourth-order valence-electron chi connectivity index (χ4n) is 8.06. The van der Waals surface area contributed by atoms with Crippen LogP contribution in [0.1, 0.15) is 35.8 Å². The number of hydrogen-bond acceptors (Lipinski definition) is 3. The summed E-state index contributed by atoms with van der Waals surface area (Å²) < 4.78 is 12.9. The minimum absolute atomic E-state index is 0.612. The predicted octanol–water partition coefficient (Wildman–Crippen LogP) is 13.6. The lowest BCUT2D eigenvalue weighted by Gasteiger charge is -2.14. The highest BCUT2D eigenvalue weighted by Crippen LogP contribution is 2.42. The van der Waals surface area contributed by atoms with E-state index in [2.05, 4.69) is 135 Å². The van der Waals surface area contributed by atoms with E-state index in [1.54, 1.807) is 0 Å². The van der Waals surface area contributed by atoms with Crippen molar-refractivity contribution in [3.05, 3.63) is 198 Å². The van der Waals surface area contributed by atoms with Crippen LogP contribution in [-0.2, 0) is 6.42 Å². The molecule has 4 heteroatoms. The summed E-state index contributed by atoms with van der Waals surface area (Å²) in [6.07, 6.45) is 3.80. The van der Waals surface area contributed by atoms with E-state index in [9.17, 15) is 0 Å². The van der Waals surface area contributed by atoms with E-state index in [-0.39, 0.29) is 0 Å². The topological polar surface area (TPSA) is 51.0 Å². The van der Waals surface area contributed by atoms with Crippen molar-refractivity contribution in [2.75, 3.05) is 0 Å². The second-order valence-electron chi connectivity index (χ2n) is 14.1. The van der Waals surface area contributed by atoms with Gasteiger partial charge in [0.05, 0.1) is 5.70 Å². The molecule has 0 radical (unpaired) electrons. The molecule has 0 fully saturated rings. The maximum absolute atomic E-state index is 6.70. The second kappa shape index (κ2) is 13.4. The van der Waals surface area contributed by atoms with Crippen LogP contribution in [0.3, 0.4) is 0 Å². The highest BCUT2D eigenvalue weighted by Gasteiger charge is 2.21. The predicted molar refractivity (Wildman–Crippen MR) is 229 cm³/mol. The third-order valence-corrected chi connectivity index (χ3v) is 10.8. The van der Waals surface area contributed by atoms with Crippen LogP contribution in [0.25, 0.3) is 72.0 Å². The number of allylic oxidation sites excluding steroid dienone is 1. The first kappa shape index (κ1) is 32.6. The smallest absolute Gasteiger partial charge is 0.159 e. The minimum atomic E-state index is 0.612. The quantitative estimate of drug-likeness (QED) is 0.128. The summed E-state index contributed by atoms with van der Waals surface area (Å²) in [6.45, 7) is 6.50. The Bertz CT molecular complexity index is 3060. The van der Waals surface area contributed by atoms with Crippen LogP contribution in [0.4, 0.5) is 0 Å². The van der Waals surface area contributed by atoms with Crippen LogP contribution in [0.2, 0.25) is 0 Å². The Hall–Kier alpha value is -7.04. The zero-order chi connectivity index (χ0) is 36.9. The number of nitrogens with zero attached hydrogens (tertiary/aromatic N) is 2. The van der Waals surface area contributed by atoms with Crippen molar-refractivity contribution in [2.45, 2.75) is 19.8 Å². The molecule has 2 heterocycles. The molecule has 1 aliphatic carbocycles. The van der Waals surface area contributed by atoms with Gasteiger partial charge in [0.2, 0.25) is 0 Å². The van der Waals surface area contributed by atoms with Gasteiger partial charge in [-0.2, -0.15) is 0 Å². The van der Waals surface area contributed by atoms with Crippen molar-refractivity contribution in [3.8, 4) is 22.3 Å². The molecule has 0 amide bonds. The molecule has 9 aromatic rings. The Morgan fingerprint density at radius 1 is 0.582 bits per heavy atom. The molecule has 0 saturated heterocycles. The Labute approximate surface area is 319 Å². The summed E-state index contributed by atoms with van der Waals surface area (Å²) in [7, 11) is 0. The van der Waals surface area contributed by atoms with Crippen molar-refractivity contribution >= 4 is 61.3 Å². The maximum atomic E-state index is 6.70. The van der Waals surface area contributed by atoms with E-state index < -0.39 is 0 Å². The first-order chi connectivity index (χ1) is 27.1. The molecule has 10 rings (SSSR count). The second-order valence-corrected chi connectivity index (χ2v) is 14.1. The van der Waals surface area contributed by atoms with E-state index in [4.69, 9.17) is 18.8 Å². The van der Waals surface area contributed by atoms with Gasteiger partial charge < -0.3 is 8.83 Å². The molecule has 0 N–H and O–H groups in total. The molecule has 0 unspecified atom stereocenters. The van der Waals surface area contributed by atoms with E-state index in [1.165, 1.54) is 21.7 Å². The molecule has 2 aromatic heterocycles. The van der Waals surface area contributed by atoms with Gasteiger partial charge in [-0.25, -0.2) is 9.98 Å². The van der Waals surface area contributed by atoms with Crippen molar-refractivity contribution < 1.29 is 8.83 Å². The number of amidine groups is 1. The largest absolute Gasteiger partial charge is 0.456 e. The van der Waals surface area contributed by atoms with E-state index in [0.29, 0.717) is 11.5 Å². The van der Waals surface area contributed by atoms with Gasteiger partial charge in [-0.05, 0) is 77.1 Å². The summed E-state index contributed by atoms with van der Waals surface area (Å²) in [5.74, 6) is 1.50. The molecule has 55 heavy (non-hydrogen) atoms. The standard InChI is InChI=1S/C51H36N2O2/c1-32(36-28-29-43-42-20-10-11-24-46(42)54-48(43)31-36)52-51(35-15-4-3-5-16-35)53-33(2)39-18-8-9-19-41(39)44-22-13-25-47-49(44)45-23-12-21-40(50(45)55-47)38-27-26-34-14-6-7-17-37(34)30-38/h3-27,30-31H,1,28-29H2,2H3/b52-51-,53-33+. The zero-order valence-electron chi connectivity index (χ0n) is 30.4. The summed E-state index contributed by atoms with van der Waals surface area (Å²) >= 11 is 0. The minimum Gasteiger partial charge on any atom is -0.456 e. The third kappa shape index (κ3) is 5.80. The van der Waals surface area contributed by atoms with Crippen LogP contribution in [0.5, 0.6) is 0 Å². The number of aryl methyl sites for hydroxylation is 1. The van der Waals surface area contributed by atoms with Crippen LogP contribution in [-0.4, -0.2) is 11.5 Å². The first-order valence-corrected chi connectivity index (χ1v) is 18.7. The molecule has 0 saturated carbocycles. The third-order valence-electron chi connectivity index (χ3n) is 10.8. The van der Waals surface area contributed by atoms with Gasteiger partial charge in [0.1, 0.15) is 22.5 Å². The van der Waals surface area contributed by atoms with Crippen molar-refractivity contribution in [1.82, 2.24) is 0 Å². The average Bonchev–Trinajstić information content (AvgIpc) is 3.82. The van der Waals surface area contributed by atoms with Gasteiger partial charge >= 0.3 is 0 Å². The average molecular weight is 709 g/mol. The lowest BCUT2D eigenvalue weighted by Crippen LogP contribution is -2.06. The van der Waals surface area contributed by atoms with Gasteiger partial charge in [0, 0.05) is 44.1 Å².